The number of aromatic nitrogens is 1. The van der Waals surface area contributed by atoms with Crippen molar-refractivity contribution in [3.8, 4) is 5.75 Å². The second kappa shape index (κ2) is 7.45. The fraction of sp³-hybridized carbons (Fsp3) is 0.200. The molecule has 1 heterocycles. The van der Waals surface area contributed by atoms with Gasteiger partial charge in [-0.25, -0.2) is 0 Å². The maximum atomic E-state index is 5.24. The molecule has 0 aliphatic rings. The van der Waals surface area contributed by atoms with Gasteiger partial charge in [0.05, 0.1) is 7.11 Å². The average Bonchev–Trinajstić information content (AvgIpc) is 2.52. The van der Waals surface area contributed by atoms with Crippen molar-refractivity contribution in [1.82, 2.24) is 15.6 Å². The maximum absolute atomic E-state index is 5.24. The minimum absolute atomic E-state index is 0.637. The molecule has 1 aromatic carbocycles. The summed E-state index contributed by atoms with van der Waals surface area (Å²) in [4.78, 5) is 3.98. The number of nitrogens with one attached hydrogen (secondary N) is 2. The van der Waals surface area contributed by atoms with Gasteiger partial charge < -0.3 is 15.4 Å². The van der Waals surface area contributed by atoms with Crippen LogP contribution in [0.1, 0.15) is 11.1 Å². The fourth-order valence-corrected chi connectivity index (χ4v) is 1.82. The van der Waals surface area contributed by atoms with Gasteiger partial charge in [-0.15, -0.1) is 0 Å². The Kier molecular flexibility index (Phi) is 5.32. The summed E-state index contributed by atoms with van der Waals surface area (Å²) < 4.78 is 5.12. The van der Waals surface area contributed by atoms with Gasteiger partial charge >= 0.3 is 0 Å². The molecule has 2 N–H and O–H groups in total. The monoisotopic (exact) mass is 287 g/mol. The predicted octanol–water partition coefficient (Wildman–Crippen LogP) is 2.25. The Labute approximate surface area is 124 Å². The first-order chi connectivity index (χ1) is 9.78. The number of rotatable bonds is 5. The van der Waals surface area contributed by atoms with Gasteiger partial charge in [0.2, 0.25) is 0 Å². The lowest BCUT2D eigenvalue weighted by molar-refractivity contribution is 0.414. The van der Waals surface area contributed by atoms with Crippen molar-refractivity contribution in [2.75, 3.05) is 7.11 Å². The van der Waals surface area contributed by atoms with Gasteiger partial charge in [0.1, 0.15) is 5.75 Å². The molecule has 0 unspecified atom stereocenters. The first kappa shape index (κ1) is 14.3. The number of benzene rings is 1. The smallest absolute Gasteiger partial charge is 0.166 e. The summed E-state index contributed by atoms with van der Waals surface area (Å²) in [5.41, 5.74) is 2.30. The minimum Gasteiger partial charge on any atom is -0.497 e. The van der Waals surface area contributed by atoms with Crippen molar-refractivity contribution in [3.63, 3.8) is 0 Å². The molecule has 0 saturated carbocycles. The highest BCUT2D eigenvalue weighted by Crippen LogP contribution is 2.10. The molecule has 20 heavy (non-hydrogen) atoms. The van der Waals surface area contributed by atoms with Gasteiger partial charge in [-0.1, -0.05) is 12.1 Å². The van der Waals surface area contributed by atoms with E-state index in [1.165, 1.54) is 0 Å². The van der Waals surface area contributed by atoms with E-state index in [0.29, 0.717) is 18.2 Å². The SMILES string of the molecule is COc1ccc(CNC(=S)NCc2ccncc2)cc1. The number of hydrogen-bond acceptors (Lipinski definition) is 3. The van der Waals surface area contributed by atoms with Crippen molar-refractivity contribution < 1.29 is 4.74 Å². The molecule has 0 saturated heterocycles. The molecule has 0 spiro atoms. The van der Waals surface area contributed by atoms with Gasteiger partial charge in [-0.2, -0.15) is 0 Å². The van der Waals surface area contributed by atoms with E-state index < -0.39 is 0 Å². The van der Waals surface area contributed by atoms with Crippen molar-refractivity contribution in [2.24, 2.45) is 0 Å². The molecular weight excluding hydrogens is 270 g/mol. The molecule has 0 fully saturated rings. The molecule has 0 bridgehead atoms. The minimum atomic E-state index is 0.637. The van der Waals surface area contributed by atoms with Crippen LogP contribution in [0.5, 0.6) is 5.75 Å². The summed E-state index contributed by atoms with van der Waals surface area (Å²) in [6, 6.07) is 11.8. The van der Waals surface area contributed by atoms with Crippen LogP contribution >= 0.6 is 12.2 Å². The van der Waals surface area contributed by atoms with Gasteiger partial charge in [0.15, 0.2) is 5.11 Å². The predicted molar refractivity (Wildman–Crippen MR) is 83.5 cm³/mol. The molecule has 0 amide bonds. The normalized spacial score (nSPS) is 9.85. The Balaban J connectivity index is 1.74. The van der Waals surface area contributed by atoms with E-state index >= 15 is 0 Å². The fourth-order valence-electron chi connectivity index (χ4n) is 1.67. The van der Waals surface area contributed by atoms with Crippen LogP contribution in [-0.2, 0) is 13.1 Å². The molecule has 2 aromatic rings. The molecular formula is C15H17N3OS. The standard InChI is InChI=1S/C15H17N3OS/c1-19-14-4-2-12(3-5-14)10-17-15(20)18-11-13-6-8-16-9-7-13/h2-9H,10-11H2,1H3,(H2,17,18,20). The third-order valence-corrected chi connectivity index (χ3v) is 3.10. The number of methoxy groups -OCH3 is 1. The van der Waals surface area contributed by atoms with E-state index in [4.69, 9.17) is 17.0 Å². The second-order valence-corrected chi connectivity index (χ2v) is 4.65. The summed E-state index contributed by atoms with van der Waals surface area (Å²) in [7, 11) is 1.66. The quantitative estimate of drug-likeness (QED) is 0.826. The average molecular weight is 287 g/mol. The Hall–Kier alpha value is -2.14. The van der Waals surface area contributed by atoms with E-state index in [9.17, 15) is 0 Å². The Morgan fingerprint density at radius 1 is 1.00 bits per heavy atom. The highest BCUT2D eigenvalue weighted by atomic mass is 32.1. The molecule has 104 valence electrons. The van der Waals surface area contributed by atoms with Gasteiger partial charge in [0.25, 0.3) is 0 Å². The van der Waals surface area contributed by atoms with Crippen LogP contribution in [-0.4, -0.2) is 17.2 Å². The molecule has 5 heteroatoms. The van der Waals surface area contributed by atoms with Crippen LogP contribution in [0.2, 0.25) is 0 Å². The Morgan fingerprint density at radius 2 is 1.55 bits per heavy atom. The summed E-state index contributed by atoms with van der Waals surface area (Å²) in [5, 5.41) is 6.97. The molecule has 1 aromatic heterocycles. The van der Waals surface area contributed by atoms with Gasteiger partial charge in [0, 0.05) is 25.5 Å². The van der Waals surface area contributed by atoms with E-state index in [1.54, 1.807) is 19.5 Å². The number of hydrogen-bond donors (Lipinski definition) is 2. The molecule has 2 rings (SSSR count). The van der Waals surface area contributed by atoms with E-state index in [-0.39, 0.29) is 0 Å². The number of thiocarbonyl (C=S) groups is 1. The lowest BCUT2D eigenvalue weighted by Gasteiger charge is -2.10. The Bertz CT molecular complexity index is 543. The third-order valence-electron chi connectivity index (χ3n) is 2.81. The lowest BCUT2D eigenvalue weighted by atomic mass is 10.2. The summed E-state index contributed by atoms with van der Waals surface area (Å²) in [6.07, 6.45) is 3.54. The highest BCUT2D eigenvalue weighted by Gasteiger charge is 1.98. The zero-order valence-electron chi connectivity index (χ0n) is 11.3. The zero-order chi connectivity index (χ0) is 14.2. The number of ether oxygens (including phenoxy) is 1. The first-order valence-corrected chi connectivity index (χ1v) is 6.72. The van der Waals surface area contributed by atoms with Crippen LogP contribution in [0.4, 0.5) is 0 Å². The van der Waals surface area contributed by atoms with Crippen LogP contribution in [0, 0.1) is 0 Å². The van der Waals surface area contributed by atoms with E-state index in [2.05, 4.69) is 15.6 Å². The largest absolute Gasteiger partial charge is 0.497 e. The van der Waals surface area contributed by atoms with Crippen molar-refractivity contribution in [3.05, 3.63) is 59.9 Å². The van der Waals surface area contributed by atoms with E-state index in [0.717, 1.165) is 16.9 Å². The van der Waals surface area contributed by atoms with Gasteiger partial charge in [-0.05, 0) is 47.6 Å². The number of nitrogens with zero attached hydrogens (tertiary/aromatic N) is 1. The maximum Gasteiger partial charge on any atom is 0.166 e. The summed E-state index contributed by atoms with van der Waals surface area (Å²) >= 11 is 5.24. The first-order valence-electron chi connectivity index (χ1n) is 6.31. The Morgan fingerprint density at radius 3 is 2.10 bits per heavy atom. The molecule has 0 aliphatic carbocycles. The second-order valence-electron chi connectivity index (χ2n) is 4.24. The van der Waals surface area contributed by atoms with Crippen LogP contribution in [0.25, 0.3) is 0 Å². The van der Waals surface area contributed by atoms with Crippen LogP contribution in [0.3, 0.4) is 0 Å². The van der Waals surface area contributed by atoms with Crippen molar-refractivity contribution in [2.45, 2.75) is 13.1 Å². The van der Waals surface area contributed by atoms with E-state index in [1.807, 2.05) is 36.4 Å². The zero-order valence-corrected chi connectivity index (χ0v) is 12.1. The van der Waals surface area contributed by atoms with Crippen molar-refractivity contribution >= 4 is 17.3 Å². The summed E-state index contributed by atoms with van der Waals surface area (Å²) in [5.74, 6) is 0.854. The molecule has 4 nitrogen and oxygen atoms in total. The highest BCUT2D eigenvalue weighted by molar-refractivity contribution is 7.80. The molecule has 0 radical (unpaired) electrons. The van der Waals surface area contributed by atoms with Crippen molar-refractivity contribution in [1.29, 1.82) is 0 Å². The third kappa shape index (κ3) is 4.51. The topological polar surface area (TPSA) is 46.2 Å². The molecule has 0 atom stereocenters. The van der Waals surface area contributed by atoms with Crippen LogP contribution in [0.15, 0.2) is 48.8 Å². The number of pyridine rings is 1. The molecule has 0 aliphatic heterocycles. The van der Waals surface area contributed by atoms with Gasteiger partial charge in [-0.3, -0.25) is 4.98 Å². The summed E-state index contributed by atoms with van der Waals surface area (Å²) in [6.45, 7) is 1.38. The lowest BCUT2D eigenvalue weighted by Crippen LogP contribution is -2.34. The van der Waals surface area contributed by atoms with Crippen LogP contribution < -0.4 is 15.4 Å².